The summed E-state index contributed by atoms with van der Waals surface area (Å²) < 4.78 is 28.9. The number of thioether (sulfide) groups is 1. The first kappa shape index (κ1) is 25.6. The predicted octanol–water partition coefficient (Wildman–Crippen LogP) is 5.04. The maximum Gasteiger partial charge on any atom is 0.278 e. The molecule has 5 rings (SSSR count). The van der Waals surface area contributed by atoms with Crippen LogP contribution < -0.4 is 15.6 Å². The van der Waals surface area contributed by atoms with Gasteiger partial charge >= 0.3 is 0 Å². The van der Waals surface area contributed by atoms with Crippen LogP contribution in [0.25, 0.3) is 16.0 Å². The van der Waals surface area contributed by atoms with E-state index in [4.69, 9.17) is 26.7 Å². The Bertz CT molecular complexity index is 1560. The molecular weight excluding hydrogens is 535 g/mol. The monoisotopic (exact) mass is 558 g/mol. The second kappa shape index (κ2) is 11.1. The van der Waals surface area contributed by atoms with Crippen LogP contribution in [-0.2, 0) is 16.1 Å². The van der Waals surface area contributed by atoms with Crippen molar-refractivity contribution in [3.63, 3.8) is 0 Å². The molecule has 4 aromatic rings. The molecule has 0 spiro atoms. The van der Waals surface area contributed by atoms with E-state index in [9.17, 15) is 14.0 Å². The number of nitrogens with zero attached hydrogens (tertiary/aromatic N) is 3. The number of methoxy groups -OCH3 is 1. The Morgan fingerprint density at radius 1 is 1.30 bits per heavy atom. The van der Waals surface area contributed by atoms with Crippen molar-refractivity contribution in [2.24, 2.45) is 0 Å². The molecule has 1 aliphatic heterocycles. The van der Waals surface area contributed by atoms with Gasteiger partial charge < -0.3 is 19.4 Å². The average Bonchev–Trinajstić information content (AvgIpc) is 3.52. The van der Waals surface area contributed by atoms with Crippen LogP contribution >= 0.6 is 35.3 Å². The van der Waals surface area contributed by atoms with Crippen molar-refractivity contribution in [2.75, 3.05) is 24.8 Å². The van der Waals surface area contributed by atoms with Crippen molar-refractivity contribution < 1.29 is 18.7 Å². The lowest BCUT2D eigenvalue weighted by Crippen LogP contribution is -2.23. The van der Waals surface area contributed by atoms with Gasteiger partial charge in [0.2, 0.25) is 5.91 Å². The second-order valence-corrected chi connectivity index (χ2v) is 10.9. The average molecular weight is 559 g/mol. The third kappa shape index (κ3) is 5.47. The molecule has 3 heterocycles. The van der Waals surface area contributed by atoms with E-state index < -0.39 is 5.82 Å². The third-order valence-electron chi connectivity index (χ3n) is 5.87. The predicted molar refractivity (Wildman–Crippen MR) is 145 cm³/mol. The minimum absolute atomic E-state index is 0.00793. The molecule has 2 aromatic carbocycles. The fourth-order valence-corrected chi connectivity index (χ4v) is 6.19. The Labute approximate surface area is 225 Å². The smallest absolute Gasteiger partial charge is 0.278 e. The molecule has 192 valence electrons. The number of halogens is 1. The second-order valence-electron chi connectivity index (χ2n) is 8.31. The van der Waals surface area contributed by atoms with E-state index >= 15 is 0 Å². The molecule has 1 N–H and O–H groups in total. The number of anilines is 1. The van der Waals surface area contributed by atoms with Crippen LogP contribution in [-0.4, -0.2) is 45.6 Å². The van der Waals surface area contributed by atoms with Crippen molar-refractivity contribution in [3.05, 3.63) is 68.7 Å². The van der Waals surface area contributed by atoms with Gasteiger partial charge in [0, 0.05) is 6.61 Å². The van der Waals surface area contributed by atoms with Crippen molar-refractivity contribution in [1.29, 1.82) is 0 Å². The number of benzene rings is 2. The van der Waals surface area contributed by atoms with E-state index in [-0.39, 0.29) is 23.3 Å². The van der Waals surface area contributed by atoms with E-state index in [1.807, 2.05) is 10.6 Å². The molecule has 1 amide bonds. The number of fused-ring (bicyclic) bond motifs is 1. The van der Waals surface area contributed by atoms with Crippen molar-refractivity contribution in [3.8, 4) is 11.4 Å². The van der Waals surface area contributed by atoms with Crippen LogP contribution in [0, 0.1) is 9.77 Å². The van der Waals surface area contributed by atoms with Crippen molar-refractivity contribution in [1.82, 2.24) is 14.1 Å². The molecule has 1 aliphatic rings. The van der Waals surface area contributed by atoms with E-state index in [1.165, 1.54) is 47.3 Å². The number of carbonyl (C=O) groups excluding carboxylic acids is 1. The third-order valence-corrected chi connectivity index (χ3v) is 8.23. The van der Waals surface area contributed by atoms with Crippen molar-refractivity contribution in [2.45, 2.75) is 30.6 Å². The highest BCUT2D eigenvalue weighted by molar-refractivity contribution is 7.99. The normalized spacial score (nSPS) is 15.2. The van der Waals surface area contributed by atoms with E-state index in [1.54, 1.807) is 18.2 Å². The standard InChI is InChI=1S/C25H23FN4O4S3/c1-33-19-7-3-2-6-18(19)27-20(31)14-36-24-28-22-21(23(32)30(24)16-10-8-15(26)9-11-16)37-25(35)29(22)13-17-5-4-12-34-17/h2-3,6-11,17H,4-5,12-14H2,1H3,(H,27,31)/t17-/m0/s1. The summed E-state index contributed by atoms with van der Waals surface area (Å²) in [6, 6.07) is 12.7. The van der Waals surface area contributed by atoms with Gasteiger partial charge in [0.15, 0.2) is 14.8 Å². The molecule has 2 aromatic heterocycles. The summed E-state index contributed by atoms with van der Waals surface area (Å²) in [5.41, 5.74) is 1.12. The first-order valence-electron chi connectivity index (χ1n) is 11.5. The molecule has 37 heavy (non-hydrogen) atoms. The molecule has 0 saturated carbocycles. The lowest BCUT2D eigenvalue weighted by atomic mass is 10.2. The van der Waals surface area contributed by atoms with Gasteiger partial charge in [0.25, 0.3) is 5.56 Å². The number of aromatic nitrogens is 3. The number of thiazole rings is 1. The largest absolute Gasteiger partial charge is 0.495 e. The highest BCUT2D eigenvalue weighted by atomic mass is 32.2. The van der Waals surface area contributed by atoms with Gasteiger partial charge in [0.05, 0.1) is 36.9 Å². The zero-order valence-electron chi connectivity index (χ0n) is 19.8. The summed E-state index contributed by atoms with van der Waals surface area (Å²) in [5.74, 6) is -0.200. The summed E-state index contributed by atoms with van der Waals surface area (Å²) in [6.07, 6.45) is 1.90. The Hall–Kier alpha value is -3.06. The van der Waals surface area contributed by atoms with Gasteiger partial charge in [0.1, 0.15) is 16.3 Å². The van der Waals surface area contributed by atoms with Gasteiger partial charge in [-0.05, 0) is 61.5 Å². The SMILES string of the molecule is COc1ccccc1NC(=O)CSc1nc2c(sc(=S)n2C[C@@H]2CCCO2)c(=O)n1-c1ccc(F)cc1. The van der Waals surface area contributed by atoms with Gasteiger partial charge in [-0.15, -0.1) is 0 Å². The quantitative estimate of drug-likeness (QED) is 0.184. The van der Waals surface area contributed by atoms with Crippen LogP contribution in [0.3, 0.4) is 0 Å². The maximum absolute atomic E-state index is 13.7. The topological polar surface area (TPSA) is 87.4 Å². The minimum Gasteiger partial charge on any atom is -0.495 e. The Morgan fingerprint density at radius 2 is 2.08 bits per heavy atom. The molecule has 0 unspecified atom stereocenters. The molecule has 0 radical (unpaired) electrons. The molecule has 0 aliphatic carbocycles. The Balaban J connectivity index is 1.52. The number of para-hydroxylation sites is 2. The maximum atomic E-state index is 13.7. The summed E-state index contributed by atoms with van der Waals surface area (Å²) in [7, 11) is 1.53. The van der Waals surface area contributed by atoms with E-state index in [0.717, 1.165) is 24.6 Å². The van der Waals surface area contributed by atoms with E-state index in [0.29, 0.717) is 49.7 Å². The van der Waals surface area contributed by atoms with E-state index in [2.05, 4.69) is 5.32 Å². The van der Waals surface area contributed by atoms with Crippen LogP contribution in [0.2, 0.25) is 0 Å². The number of hydrogen-bond donors (Lipinski definition) is 1. The Morgan fingerprint density at radius 3 is 2.81 bits per heavy atom. The summed E-state index contributed by atoms with van der Waals surface area (Å²) in [6.45, 7) is 1.21. The van der Waals surface area contributed by atoms with Gasteiger partial charge in [-0.1, -0.05) is 35.2 Å². The number of nitrogens with one attached hydrogen (secondary N) is 1. The number of ether oxygens (including phenoxy) is 2. The number of hydrogen-bond acceptors (Lipinski definition) is 8. The minimum atomic E-state index is -0.422. The highest BCUT2D eigenvalue weighted by Crippen LogP contribution is 2.28. The van der Waals surface area contributed by atoms with Crippen LogP contribution in [0.5, 0.6) is 5.75 Å². The first-order valence-corrected chi connectivity index (χ1v) is 13.7. The fourth-order valence-electron chi connectivity index (χ4n) is 4.11. The van der Waals surface area contributed by atoms with Crippen LogP contribution in [0.15, 0.2) is 58.5 Å². The molecule has 1 atom stereocenters. The van der Waals surface area contributed by atoms with Crippen molar-refractivity contribution >= 4 is 57.3 Å². The summed E-state index contributed by atoms with van der Waals surface area (Å²) >= 11 is 7.87. The zero-order valence-corrected chi connectivity index (χ0v) is 22.3. The summed E-state index contributed by atoms with van der Waals surface area (Å²) in [4.78, 5) is 31.3. The lowest BCUT2D eigenvalue weighted by molar-refractivity contribution is -0.113. The number of carbonyl (C=O) groups is 1. The van der Waals surface area contributed by atoms with Gasteiger partial charge in [-0.3, -0.25) is 14.2 Å². The lowest BCUT2D eigenvalue weighted by Gasteiger charge is -2.14. The van der Waals surface area contributed by atoms with Gasteiger partial charge in [-0.2, -0.15) is 0 Å². The van der Waals surface area contributed by atoms with Crippen LogP contribution in [0.1, 0.15) is 12.8 Å². The zero-order chi connectivity index (χ0) is 25.9. The number of rotatable bonds is 8. The number of amides is 1. The van der Waals surface area contributed by atoms with Crippen LogP contribution in [0.4, 0.5) is 10.1 Å². The molecule has 12 heteroatoms. The molecular formula is C25H23FN4O4S3. The Kier molecular flexibility index (Phi) is 7.70. The summed E-state index contributed by atoms with van der Waals surface area (Å²) in [5, 5.41) is 3.13. The molecule has 1 saturated heterocycles. The molecule has 0 bridgehead atoms. The first-order chi connectivity index (χ1) is 17.9. The highest BCUT2D eigenvalue weighted by Gasteiger charge is 2.22. The molecule has 8 nitrogen and oxygen atoms in total. The van der Waals surface area contributed by atoms with Gasteiger partial charge in [-0.25, -0.2) is 9.37 Å². The molecule has 1 fully saturated rings. The fraction of sp³-hybridized carbons (Fsp3) is 0.280.